The average molecular weight is 293 g/mol. The lowest BCUT2D eigenvalue weighted by atomic mass is 10.1. The molecule has 1 N–H and O–H groups in total. The van der Waals surface area contributed by atoms with E-state index in [1.807, 2.05) is 0 Å². The van der Waals surface area contributed by atoms with E-state index in [-0.39, 0.29) is 5.75 Å². The molecule has 19 heavy (non-hydrogen) atoms. The lowest BCUT2D eigenvalue weighted by Crippen LogP contribution is -2.18. The molecule has 0 bridgehead atoms. The van der Waals surface area contributed by atoms with Gasteiger partial charge >= 0.3 is 6.18 Å². The van der Waals surface area contributed by atoms with Crippen molar-refractivity contribution in [1.82, 2.24) is 0 Å². The highest BCUT2D eigenvalue weighted by molar-refractivity contribution is 8.00. The SMILES string of the molecule is C=CCSCC(=O)Nc1ccc(F)cc1C(F)(F)F. The zero-order chi connectivity index (χ0) is 14.5. The number of amides is 1. The number of thioether (sulfide) groups is 1. The summed E-state index contributed by atoms with van der Waals surface area (Å²) in [6.45, 7) is 3.45. The Morgan fingerprint density at radius 2 is 2.11 bits per heavy atom. The van der Waals surface area contributed by atoms with E-state index in [0.717, 1.165) is 12.1 Å². The first-order valence-electron chi connectivity index (χ1n) is 5.20. The van der Waals surface area contributed by atoms with Gasteiger partial charge in [0.2, 0.25) is 5.91 Å². The van der Waals surface area contributed by atoms with E-state index in [4.69, 9.17) is 0 Å². The lowest BCUT2D eigenvalue weighted by Gasteiger charge is -2.13. The van der Waals surface area contributed by atoms with Crippen molar-refractivity contribution in [3.8, 4) is 0 Å². The second kappa shape index (κ2) is 6.60. The number of benzene rings is 1. The van der Waals surface area contributed by atoms with Crippen LogP contribution in [-0.4, -0.2) is 17.4 Å². The number of carbonyl (C=O) groups is 1. The lowest BCUT2D eigenvalue weighted by molar-refractivity contribution is -0.137. The Balaban J connectivity index is 2.83. The Kier molecular flexibility index (Phi) is 5.41. The molecule has 0 saturated carbocycles. The fraction of sp³-hybridized carbons (Fsp3) is 0.250. The fourth-order valence-electron chi connectivity index (χ4n) is 1.28. The molecule has 0 atom stereocenters. The second-order valence-electron chi connectivity index (χ2n) is 3.54. The zero-order valence-electron chi connectivity index (χ0n) is 9.76. The summed E-state index contributed by atoms with van der Waals surface area (Å²) in [7, 11) is 0. The molecule has 0 aromatic heterocycles. The van der Waals surface area contributed by atoms with E-state index in [9.17, 15) is 22.4 Å². The van der Waals surface area contributed by atoms with Gasteiger partial charge in [0.15, 0.2) is 0 Å². The molecular formula is C12H11F4NOS. The summed E-state index contributed by atoms with van der Waals surface area (Å²) in [5, 5.41) is 2.12. The molecule has 1 amide bonds. The van der Waals surface area contributed by atoms with Crippen molar-refractivity contribution in [2.45, 2.75) is 6.18 Å². The Labute approximate surface area is 111 Å². The summed E-state index contributed by atoms with van der Waals surface area (Å²) in [4.78, 5) is 11.4. The van der Waals surface area contributed by atoms with Crippen molar-refractivity contribution in [3.63, 3.8) is 0 Å². The molecular weight excluding hydrogens is 282 g/mol. The van der Waals surface area contributed by atoms with Gasteiger partial charge in [-0.15, -0.1) is 18.3 Å². The van der Waals surface area contributed by atoms with E-state index < -0.39 is 29.2 Å². The Hall–Kier alpha value is -1.50. The zero-order valence-corrected chi connectivity index (χ0v) is 10.6. The van der Waals surface area contributed by atoms with Crippen LogP contribution in [-0.2, 0) is 11.0 Å². The van der Waals surface area contributed by atoms with Gasteiger partial charge in [-0.1, -0.05) is 6.08 Å². The molecule has 0 fully saturated rings. The van der Waals surface area contributed by atoms with Crippen LogP contribution in [0, 0.1) is 5.82 Å². The van der Waals surface area contributed by atoms with Gasteiger partial charge in [-0.2, -0.15) is 13.2 Å². The minimum atomic E-state index is -4.72. The fourth-order valence-corrected chi connectivity index (χ4v) is 1.82. The molecule has 0 unspecified atom stereocenters. The summed E-state index contributed by atoms with van der Waals surface area (Å²) < 4.78 is 50.8. The van der Waals surface area contributed by atoms with Crippen LogP contribution in [0.2, 0.25) is 0 Å². The van der Waals surface area contributed by atoms with E-state index in [2.05, 4.69) is 11.9 Å². The Morgan fingerprint density at radius 1 is 1.42 bits per heavy atom. The first kappa shape index (κ1) is 15.6. The molecule has 0 aliphatic heterocycles. The standard InChI is InChI=1S/C12H11F4NOS/c1-2-5-19-7-11(18)17-10-4-3-8(13)6-9(10)12(14,15)16/h2-4,6H,1,5,7H2,(H,17,18). The molecule has 0 aliphatic rings. The number of anilines is 1. The highest BCUT2D eigenvalue weighted by atomic mass is 32.2. The molecule has 0 spiro atoms. The van der Waals surface area contributed by atoms with Crippen molar-refractivity contribution >= 4 is 23.4 Å². The Morgan fingerprint density at radius 3 is 2.68 bits per heavy atom. The maximum Gasteiger partial charge on any atom is 0.418 e. The summed E-state index contributed by atoms with van der Waals surface area (Å²) >= 11 is 1.21. The maximum absolute atomic E-state index is 12.8. The predicted molar refractivity (Wildman–Crippen MR) is 67.6 cm³/mol. The molecule has 0 aliphatic carbocycles. The minimum absolute atomic E-state index is 0.000688. The number of halogens is 4. The van der Waals surface area contributed by atoms with Gasteiger partial charge in [-0.05, 0) is 18.2 Å². The van der Waals surface area contributed by atoms with Crippen LogP contribution in [0.3, 0.4) is 0 Å². The normalized spacial score (nSPS) is 11.2. The van der Waals surface area contributed by atoms with Gasteiger partial charge in [-0.3, -0.25) is 4.79 Å². The molecule has 0 heterocycles. The van der Waals surface area contributed by atoms with Crippen LogP contribution in [0.15, 0.2) is 30.9 Å². The minimum Gasteiger partial charge on any atom is -0.325 e. The van der Waals surface area contributed by atoms with Crippen LogP contribution in [0.1, 0.15) is 5.56 Å². The van der Waals surface area contributed by atoms with E-state index >= 15 is 0 Å². The highest BCUT2D eigenvalue weighted by Crippen LogP contribution is 2.35. The number of hydrogen-bond donors (Lipinski definition) is 1. The third kappa shape index (κ3) is 4.94. The van der Waals surface area contributed by atoms with Crippen molar-refractivity contribution in [2.24, 2.45) is 0 Å². The molecule has 104 valence electrons. The summed E-state index contributed by atoms with van der Waals surface area (Å²) in [6.07, 6.45) is -3.14. The number of carbonyl (C=O) groups excluding carboxylic acids is 1. The average Bonchev–Trinajstić information content (AvgIpc) is 2.30. The van der Waals surface area contributed by atoms with Gasteiger partial charge in [0.25, 0.3) is 0 Å². The first-order chi connectivity index (χ1) is 8.84. The summed E-state index contributed by atoms with van der Waals surface area (Å²) in [5.41, 5.74) is -1.65. The molecule has 0 radical (unpaired) electrons. The molecule has 0 saturated heterocycles. The number of nitrogens with one attached hydrogen (secondary N) is 1. The van der Waals surface area contributed by atoms with Crippen LogP contribution in [0.4, 0.5) is 23.2 Å². The summed E-state index contributed by atoms with van der Waals surface area (Å²) in [5.74, 6) is -1.07. The topological polar surface area (TPSA) is 29.1 Å². The predicted octanol–water partition coefficient (Wildman–Crippen LogP) is 3.70. The van der Waals surface area contributed by atoms with Crippen LogP contribution >= 0.6 is 11.8 Å². The summed E-state index contributed by atoms with van der Waals surface area (Å²) in [6, 6.07) is 2.11. The second-order valence-corrected chi connectivity index (χ2v) is 4.57. The smallest absolute Gasteiger partial charge is 0.325 e. The monoisotopic (exact) mass is 293 g/mol. The van der Waals surface area contributed by atoms with Crippen molar-refractivity contribution in [2.75, 3.05) is 16.8 Å². The van der Waals surface area contributed by atoms with Crippen molar-refractivity contribution in [1.29, 1.82) is 0 Å². The number of hydrogen-bond acceptors (Lipinski definition) is 2. The van der Waals surface area contributed by atoms with Crippen LogP contribution in [0.25, 0.3) is 0 Å². The third-order valence-corrected chi connectivity index (χ3v) is 2.97. The largest absolute Gasteiger partial charge is 0.418 e. The van der Waals surface area contributed by atoms with Gasteiger partial charge in [0.05, 0.1) is 17.0 Å². The Bertz CT molecular complexity index is 473. The van der Waals surface area contributed by atoms with Crippen molar-refractivity contribution < 1.29 is 22.4 Å². The van der Waals surface area contributed by atoms with Crippen LogP contribution < -0.4 is 5.32 Å². The van der Waals surface area contributed by atoms with Crippen molar-refractivity contribution in [3.05, 3.63) is 42.2 Å². The van der Waals surface area contributed by atoms with Gasteiger partial charge < -0.3 is 5.32 Å². The van der Waals surface area contributed by atoms with Gasteiger partial charge in [0.1, 0.15) is 5.82 Å². The first-order valence-corrected chi connectivity index (χ1v) is 6.35. The molecule has 1 rings (SSSR count). The molecule has 1 aromatic rings. The van der Waals surface area contributed by atoms with Crippen LogP contribution in [0.5, 0.6) is 0 Å². The van der Waals surface area contributed by atoms with E-state index in [1.165, 1.54) is 11.8 Å². The number of rotatable bonds is 5. The molecule has 7 heteroatoms. The molecule has 1 aromatic carbocycles. The van der Waals surface area contributed by atoms with Gasteiger partial charge in [-0.25, -0.2) is 4.39 Å². The van der Waals surface area contributed by atoms with E-state index in [1.54, 1.807) is 6.08 Å². The highest BCUT2D eigenvalue weighted by Gasteiger charge is 2.34. The van der Waals surface area contributed by atoms with Gasteiger partial charge in [0, 0.05) is 5.75 Å². The third-order valence-electron chi connectivity index (χ3n) is 2.03. The quantitative estimate of drug-likeness (QED) is 0.509. The number of alkyl halides is 3. The van der Waals surface area contributed by atoms with E-state index in [0.29, 0.717) is 11.8 Å². The molecule has 2 nitrogen and oxygen atoms in total. The maximum atomic E-state index is 12.8.